The van der Waals surface area contributed by atoms with Crippen molar-refractivity contribution in [3.05, 3.63) is 35.9 Å². The van der Waals surface area contributed by atoms with Crippen LogP contribution in [0.15, 0.2) is 30.3 Å². The van der Waals surface area contributed by atoms with E-state index in [1.54, 1.807) is 24.3 Å². The number of hydrogen-bond donors (Lipinski definition) is 3. The van der Waals surface area contributed by atoms with Crippen LogP contribution in [0.25, 0.3) is 0 Å². The third kappa shape index (κ3) is 7.17. The molecule has 1 aromatic rings. The maximum Gasteiger partial charge on any atom is 0.537 e. The van der Waals surface area contributed by atoms with Crippen LogP contribution in [0, 0.1) is 5.92 Å². The van der Waals surface area contributed by atoms with Crippen molar-refractivity contribution in [2.75, 3.05) is 6.35 Å². The number of benzene rings is 1. The first kappa shape index (κ1) is 20.2. The SMILES string of the molecule is CC(C)C[C@H](NC(=O)C(Cc1ccccc1)O[P+](=O)CO)C(=O)O. The predicted molar refractivity (Wildman–Crippen MR) is 88.7 cm³/mol. The normalized spacial score (nSPS) is 14.1. The Kier molecular flexibility index (Phi) is 8.54. The number of aliphatic hydroxyl groups excluding tert-OH is 1. The van der Waals surface area contributed by atoms with Crippen LogP contribution in [0.3, 0.4) is 0 Å². The molecule has 8 heteroatoms. The summed E-state index contributed by atoms with van der Waals surface area (Å²) in [4.78, 5) is 23.7. The summed E-state index contributed by atoms with van der Waals surface area (Å²) >= 11 is 0. The molecule has 0 bridgehead atoms. The average molecular weight is 356 g/mol. The molecule has 0 spiro atoms. The number of nitrogens with one attached hydrogen (secondary N) is 1. The van der Waals surface area contributed by atoms with E-state index in [0.29, 0.717) is 0 Å². The van der Waals surface area contributed by atoms with Gasteiger partial charge < -0.3 is 15.5 Å². The summed E-state index contributed by atoms with van der Waals surface area (Å²) in [5.41, 5.74) is 0.773. The molecular weight excluding hydrogens is 333 g/mol. The van der Waals surface area contributed by atoms with E-state index < -0.39 is 38.4 Å². The van der Waals surface area contributed by atoms with Crippen molar-refractivity contribution in [3.8, 4) is 0 Å². The van der Waals surface area contributed by atoms with Gasteiger partial charge in [-0.1, -0.05) is 44.2 Å². The molecule has 0 heterocycles. The molecule has 3 N–H and O–H groups in total. The summed E-state index contributed by atoms with van der Waals surface area (Å²) in [6.45, 7) is 3.70. The molecule has 24 heavy (non-hydrogen) atoms. The molecule has 3 atom stereocenters. The molecule has 0 fully saturated rings. The van der Waals surface area contributed by atoms with Gasteiger partial charge in [-0.05, 0) is 22.5 Å². The Bertz CT molecular complexity index is 563. The maximum absolute atomic E-state index is 12.4. The molecule has 0 saturated heterocycles. The van der Waals surface area contributed by atoms with Gasteiger partial charge in [-0.15, -0.1) is 4.52 Å². The number of aliphatic carboxylic acids is 1. The van der Waals surface area contributed by atoms with Crippen molar-refractivity contribution in [2.45, 2.75) is 38.8 Å². The third-order valence-electron chi connectivity index (χ3n) is 3.24. The van der Waals surface area contributed by atoms with Crippen LogP contribution in [0.5, 0.6) is 0 Å². The molecule has 1 aromatic carbocycles. The topological polar surface area (TPSA) is 113 Å². The first-order valence-electron chi connectivity index (χ1n) is 7.62. The van der Waals surface area contributed by atoms with E-state index in [-0.39, 0.29) is 18.8 Å². The molecule has 132 valence electrons. The van der Waals surface area contributed by atoms with Gasteiger partial charge in [-0.3, -0.25) is 4.79 Å². The number of carboxylic acid groups (broad SMARTS) is 1. The Hall–Kier alpha value is -1.82. The Labute approximate surface area is 141 Å². The lowest BCUT2D eigenvalue weighted by Crippen LogP contribution is -2.47. The zero-order valence-electron chi connectivity index (χ0n) is 13.7. The van der Waals surface area contributed by atoms with Crippen molar-refractivity contribution in [1.29, 1.82) is 0 Å². The van der Waals surface area contributed by atoms with Gasteiger partial charge in [0.15, 0.2) is 6.10 Å². The van der Waals surface area contributed by atoms with E-state index in [0.717, 1.165) is 5.56 Å². The summed E-state index contributed by atoms with van der Waals surface area (Å²) in [5.74, 6) is -1.72. The van der Waals surface area contributed by atoms with Crippen LogP contribution in [0.2, 0.25) is 0 Å². The molecule has 0 aliphatic heterocycles. The summed E-state index contributed by atoms with van der Waals surface area (Å²) in [7, 11) is -2.41. The van der Waals surface area contributed by atoms with Gasteiger partial charge in [0, 0.05) is 6.42 Å². The molecular formula is C16H23NO6P+. The maximum atomic E-state index is 12.4. The van der Waals surface area contributed by atoms with Crippen LogP contribution in [-0.2, 0) is 25.1 Å². The highest BCUT2D eigenvalue weighted by molar-refractivity contribution is 7.38. The Morgan fingerprint density at radius 2 is 1.88 bits per heavy atom. The van der Waals surface area contributed by atoms with Crippen LogP contribution >= 0.6 is 8.03 Å². The summed E-state index contributed by atoms with van der Waals surface area (Å²) in [6.07, 6.45) is -1.45. The van der Waals surface area contributed by atoms with Gasteiger partial charge in [0.1, 0.15) is 6.04 Å². The molecule has 0 radical (unpaired) electrons. The van der Waals surface area contributed by atoms with Gasteiger partial charge in [0.2, 0.25) is 0 Å². The molecule has 0 saturated carbocycles. The lowest BCUT2D eigenvalue weighted by molar-refractivity contribution is -0.143. The molecule has 0 aromatic heterocycles. The second-order valence-electron chi connectivity index (χ2n) is 5.79. The standard InChI is InChI=1S/C16H22NO6P/c1-11(2)8-13(16(20)21)17-15(19)14(23-24(22)10-18)9-12-6-4-3-5-7-12/h3-7,11,13-14,18H,8-10H2,1-2H3,(H-,17,19,20,21)/p+1/t13-,14?/m0/s1. The van der Waals surface area contributed by atoms with Crippen LogP contribution in [-0.4, -0.2) is 40.6 Å². The van der Waals surface area contributed by atoms with Crippen molar-refractivity contribution < 1.29 is 28.9 Å². The number of hydrogen-bond acceptors (Lipinski definition) is 5. The highest BCUT2D eigenvalue weighted by Gasteiger charge is 2.33. The summed E-state index contributed by atoms with van der Waals surface area (Å²) in [6, 6.07) is 7.89. The zero-order chi connectivity index (χ0) is 18.1. The zero-order valence-corrected chi connectivity index (χ0v) is 14.6. The second-order valence-corrected chi connectivity index (χ2v) is 6.95. The molecule has 0 aliphatic carbocycles. The van der Waals surface area contributed by atoms with Crippen molar-refractivity contribution >= 4 is 19.9 Å². The van der Waals surface area contributed by atoms with Gasteiger partial charge in [0.05, 0.1) is 0 Å². The lowest BCUT2D eigenvalue weighted by atomic mass is 10.0. The fourth-order valence-corrected chi connectivity index (χ4v) is 2.66. The Balaban J connectivity index is 2.85. The Morgan fingerprint density at radius 1 is 1.25 bits per heavy atom. The number of carbonyl (C=O) groups is 2. The minimum absolute atomic E-state index is 0.0777. The highest BCUT2D eigenvalue weighted by atomic mass is 31.1. The fraction of sp³-hybridized carbons (Fsp3) is 0.500. The smallest absolute Gasteiger partial charge is 0.480 e. The molecule has 1 rings (SSSR count). The minimum atomic E-state index is -2.41. The van der Waals surface area contributed by atoms with E-state index in [4.69, 9.17) is 9.63 Å². The van der Waals surface area contributed by atoms with Crippen LogP contribution in [0.4, 0.5) is 0 Å². The molecule has 2 unspecified atom stereocenters. The lowest BCUT2D eigenvalue weighted by Gasteiger charge is -2.19. The van der Waals surface area contributed by atoms with Gasteiger partial charge in [0.25, 0.3) is 12.3 Å². The first-order chi connectivity index (χ1) is 11.3. The van der Waals surface area contributed by atoms with Gasteiger partial charge in [-0.25, -0.2) is 4.79 Å². The monoisotopic (exact) mass is 356 g/mol. The third-order valence-corrected chi connectivity index (χ3v) is 3.96. The van der Waals surface area contributed by atoms with E-state index >= 15 is 0 Å². The van der Waals surface area contributed by atoms with E-state index in [1.165, 1.54) is 0 Å². The van der Waals surface area contributed by atoms with E-state index in [2.05, 4.69) is 5.32 Å². The van der Waals surface area contributed by atoms with Crippen LogP contribution in [0.1, 0.15) is 25.8 Å². The van der Waals surface area contributed by atoms with Crippen molar-refractivity contribution in [2.24, 2.45) is 5.92 Å². The van der Waals surface area contributed by atoms with Crippen LogP contribution < -0.4 is 5.32 Å². The largest absolute Gasteiger partial charge is 0.537 e. The van der Waals surface area contributed by atoms with Gasteiger partial charge >= 0.3 is 14.0 Å². The number of aliphatic hydroxyl groups is 1. The van der Waals surface area contributed by atoms with Crippen molar-refractivity contribution in [3.63, 3.8) is 0 Å². The molecule has 7 nitrogen and oxygen atoms in total. The molecule has 1 amide bonds. The van der Waals surface area contributed by atoms with E-state index in [9.17, 15) is 19.3 Å². The quantitative estimate of drug-likeness (QED) is 0.552. The molecule has 0 aliphatic rings. The highest BCUT2D eigenvalue weighted by Crippen LogP contribution is 2.24. The number of carboxylic acids is 1. The second kappa shape index (κ2) is 10.1. The number of amides is 1. The summed E-state index contributed by atoms with van der Waals surface area (Å²) in [5, 5.41) is 20.5. The van der Waals surface area contributed by atoms with E-state index in [1.807, 2.05) is 19.9 Å². The summed E-state index contributed by atoms with van der Waals surface area (Å²) < 4.78 is 16.6. The predicted octanol–water partition coefficient (Wildman–Crippen LogP) is 1.92. The fourth-order valence-electron chi connectivity index (χ4n) is 2.14. The number of carbonyl (C=O) groups excluding carboxylic acids is 1. The Morgan fingerprint density at radius 3 is 2.38 bits per heavy atom. The first-order valence-corrected chi connectivity index (χ1v) is 8.99. The minimum Gasteiger partial charge on any atom is -0.480 e. The van der Waals surface area contributed by atoms with Crippen molar-refractivity contribution in [1.82, 2.24) is 5.32 Å². The van der Waals surface area contributed by atoms with Gasteiger partial charge in [-0.2, -0.15) is 0 Å². The number of rotatable bonds is 10. The average Bonchev–Trinajstić information content (AvgIpc) is 2.53.